The molecule has 0 aromatic rings. The van der Waals surface area contributed by atoms with Gasteiger partial charge < -0.3 is 15.7 Å². The predicted molar refractivity (Wildman–Crippen MR) is 43.2 cm³/mol. The van der Waals surface area contributed by atoms with E-state index in [0.717, 1.165) is 0 Å². The largest absolute Gasteiger partial charge is 0.391 e. The van der Waals surface area contributed by atoms with E-state index in [-0.39, 0.29) is 18.4 Å². The third-order valence-electron chi connectivity index (χ3n) is 1.71. The summed E-state index contributed by atoms with van der Waals surface area (Å²) in [6.45, 7) is 1.83. The van der Waals surface area contributed by atoms with Gasteiger partial charge in [-0.3, -0.25) is 4.79 Å². The fraction of sp³-hybridized carbons (Fsp3) is 0.857. The van der Waals surface area contributed by atoms with E-state index >= 15 is 0 Å². The number of hydrogen-bond donors (Lipinski definition) is 3. The molecular weight excluding hydrogens is 144 g/mol. The minimum absolute atomic E-state index is 0.0488. The zero-order chi connectivity index (χ0) is 8.85. The lowest BCUT2D eigenvalue weighted by atomic mass is 10.1. The second-order valence-electron chi connectivity index (χ2n) is 2.52. The maximum Gasteiger partial charge on any atom is 0.222 e. The number of amides is 1. The number of nitrogens with one attached hydrogen (secondary N) is 2. The number of aliphatic hydroxyl groups excluding tert-OH is 1. The third kappa shape index (κ3) is 3.95. The van der Waals surface area contributed by atoms with Gasteiger partial charge in [-0.25, -0.2) is 0 Å². The number of aliphatic hydroxyl groups is 1. The molecule has 0 heterocycles. The van der Waals surface area contributed by atoms with Gasteiger partial charge in [0.15, 0.2) is 0 Å². The Morgan fingerprint density at radius 1 is 1.55 bits per heavy atom. The quantitative estimate of drug-likeness (QED) is 0.499. The third-order valence-corrected chi connectivity index (χ3v) is 1.71. The van der Waals surface area contributed by atoms with Gasteiger partial charge in [-0.15, -0.1) is 0 Å². The second kappa shape index (κ2) is 5.09. The molecule has 66 valence electrons. The highest BCUT2D eigenvalue weighted by Crippen LogP contribution is 1.96. The average Bonchev–Trinajstić information content (AvgIpc) is 2.02. The Hall–Kier alpha value is -0.610. The highest BCUT2D eigenvalue weighted by Gasteiger charge is 2.14. The molecule has 0 saturated heterocycles. The summed E-state index contributed by atoms with van der Waals surface area (Å²) in [6.07, 6.45) is -0.460. The van der Waals surface area contributed by atoms with Crippen molar-refractivity contribution in [3.8, 4) is 0 Å². The van der Waals surface area contributed by atoms with Crippen molar-refractivity contribution in [3.05, 3.63) is 0 Å². The Morgan fingerprint density at radius 3 is 2.45 bits per heavy atom. The smallest absolute Gasteiger partial charge is 0.222 e. The Bertz CT molecular complexity index is 128. The number of carbonyl (C=O) groups excluding carboxylic acids is 1. The normalized spacial score (nSPS) is 15.6. The lowest BCUT2D eigenvalue weighted by Gasteiger charge is -2.16. The fourth-order valence-corrected chi connectivity index (χ4v) is 0.661. The number of hydrogen-bond acceptors (Lipinski definition) is 3. The summed E-state index contributed by atoms with van der Waals surface area (Å²) >= 11 is 0. The van der Waals surface area contributed by atoms with Crippen molar-refractivity contribution in [1.29, 1.82) is 0 Å². The van der Waals surface area contributed by atoms with Crippen LogP contribution in [0.5, 0.6) is 0 Å². The van der Waals surface area contributed by atoms with Crippen molar-refractivity contribution in [1.82, 2.24) is 10.6 Å². The Kier molecular flexibility index (Phi) is 4.81. The van der Waals surface area contributed by atoms with Crippen molar-refractivity contribution in [2.24, 2.45) is 0 Å². The molecule has 0 aliphatic rings. The van der Waals surface area contributed by atoms with Gasteiger partial charge in [0.1, 0.15) is 0 Å². The Balaban J connectivity index is 3.67. The molecular formula is C7H16N2O2. The van der Waals surface area contributed by atoms with Crippen molar-refractivity contribution < 1.29 is 9.90 Å². The first kappa shape index (κ1) is 10.4. The minimum atomic E-state index is -0.611. The van der Waals surface area contributed by atoms with Gasteiger partial charge in [0.2, 0.25) is 5.91 Å². The van der Waals surface area contributed by atoms with Crippen LogP contribution in [0.2, 0.25) is 0 Å². The van der Waals surface area contributed by atoms with Crippen LogP contribution in [0.3, 0.4) is 0 Å². The van der Waals surface area contributed by atoms with E-state index < -0.39 is 6.10 Å². The molecule has 11 heavy (non-hydrogen) atoms. The highest BCUT2D eigenvalue weighted by atomic mass is 16.3. The molecule has 0 aromatic carbocycles. The van der Waals surface area contributed by atoms with Crippen LogP contribution in [0.25, 0.3) is 0 Å². The molecule has 0 spiro atoms. The van der Waals surface area contributed by atoms with Gasteiger partial charge in [-0.1, -0.05) is 0 Å². The first-order chi connectivity index (χ1) is 5.11. The highest BCUT2D eigenvalue weighted by molar-refractivity contribution is 5.76. The second-order valence-corrected chi connectivity index (χ2v) is 2.52. The van der Waals surface area contributed by atoms with E-state index in [1.807, 2.05) is 6.92 Å². The Labute approximate surface area is 67.0 Å². The van der Waals surface area contributed by atoms with Gasteiger partial charge in [0.05, 0.1) is 12.5 Å². The summed E-state index contributed by atoms with van der Waals surface area (Å²) < 4.78 is 0. The summed E-state index contributed by atoms with van der Waals surface area (Å²) in [4.78, 5) is 10.7. The number of rotatable bonds is 4. The molecule has 0 fully saturated rings. The first-order valence-corrected chi connectivity index (χ1v) is 3.67. The van der Waals surface area contributed by atoms with Gasteiger partial charge in [0.25, 0.3) is 0 Å². The van der Waals surface area contributed by atoms with Gasteiger partial charge in [0, 0.05) is 13.1 Å². The maximum atomic E-state index is 10.7. The molecule has 0 bridgehead atoms. The summed E-state index contributed by atoms with van der Waals surface area (Å²) in [5.41, 5.74) is 0. The molecule has 0 saturated carbocycles. The van der Waals surface area contributed by atoms with Crippen LogP contribution in [0.4, 0.5) is 0 Å². The van der Waals surface area contributed by atoms with Gasteiger partial charge in [-0.05, 0) is 14.0 Å². The van der Waals surface area contributed by atoms with E-state index in [0.29, 0.717) is 0 Å². The van der Waals surface area contributed by atoms with Crippen LogP contribution in [-0.2, 0) is 4.79 Å². The van der Waals surface area contributed by atoms with Crippen LogP contribution < -0.4 is 10.6 Å². The van der Waals surface area contributed by atoms with E-state index in [9.17, 15) is 9.90 Å². The first-order valence-electron chi connectivity index (χ1n) is 3.67. The summed E-state index contributed by atoms with van der Waals surface area (Å²) in [5.74, 6) is -0.139. The molecule has 0 rings (SSSR count). The molecule has 2 unspecified atom stereocenters. The van der Waals surface area contributed by atoms with Crippen LogP contribution >= 0.6 is 0 Å². The number of likely N-dealkylation sites (N-methyl/N-ethyl adjacent to an activating group) is 1. The molecule has 3 N–H and O–H groups in total. The zero-order valence-corrected chi connectivity index (χ0v) is 7.22. The molecule has 4 nitrogen and oxygen atoms in total. The molecule has 2 atom stereocenters. The van der Waals surface area contributed by atoms with Crippen molar-refractivity contribution in [2.75, 3.05) is 14.1 Å². The zero-order valence-electron chi connectivity index (χ0n) is 7.22. The van der Waals surface area contributed by atoms with E-state index in [1.165, 1.54) is 0 Å². The molecule has 0 aromatic heterocycles. The molecule has 0 radical (unpaired) electrons. The summed E-state index contributed by atoms with van der Waals surface area (Å²) in [7, 11) is 3.30. The summed E-state index contributed by atoms with van der Waals surface area (Å²) in [6, 6.07) is -0.0488. The topological polar surface area (TPSA) is 61.4 Å². The minimum Gasteiger partial charge on any atom is -0.391 e. The molecule has 0 aliphatic heterocycles. The molecule has 0 aliphatic carbocycles. The standard InChI is InChI=1S/C7H16N2O2/c1-5(8-2)6(10)4-7(11)9-3/h5-6,8,10H,4H2,1-3H3,(H,9,11). The lowest BCUT2D eigenvalue weighted by molar-refractivity contribution is -0.122. The van der Waals surface area contributed by atoms with Crippen LogP contribution in [0, 0.1) is 0 Å². The summed E-state index contributed by atoms with van der Waals surface area (Å²) in [5, 5.41) is 14.6. The Morgan fingerprint density at radius 2 is 2.09 bits per heavy atom. The van der Waals surface area contributed by atoms with Crippen LogP contribution in [0.15, 0.2) is 0 Å². The van der Waals surface area contributed by atoms with Crippen LogP contribution in [-0.4, -0.2) is 37.3 Å². The monoisotopic (exact) mass is 160 g/mol. The lowest BCUT2D eigenvalue weighted by Crippen LogP contribution is -2.38. The van der Waals surface area contributed by atoms with Gasteiger partial charge in [-0.2, -0.15) is 0 Å². The van der Waals surface area contributed by atoms with Crippen molar-refractivity contribution in [3.63, 3.8) is 0 Å². The maximum absolute atomic E-state index is 10.7. The van der Waals surface area contributed by atoms with Gasteiger partial charge >= 0.3 is 0 Å². The van der Waals surface area contributed by atoms with Crippen molar-refractivity contribution >= 4 is 5.91 Å². The average molecular weight is 160 g/mol. The van der Waals surface area contributed by atoms with Crippen molar-refractivity contribution in [2.45, 2.75) is 25.5 Å². The van der Waals surface area contributed by atoms with E-state index in [1.54, 1.807) is 14.1 Å². The molecule has 1 amide bonds. The number of carbonyl (C=O) groups is 1. The van der Waals surface area contributed by atoms with E-state index in [2.05, 4.69) is 10.6 Å². The molecule has 4 heteroatoms. The van der Waals surface area contributed by atoms with E-state index in [4.69, 9.17) is 0 Å². The van der Waals surface area contributed by atoms with Crippen LogP contribution in [0.1, 0.15) is 13.3 Å². The predicted octanol–water partition coefficient (Wildman–Crippen LogP) is -0.909. The SMILES string of the molecule is CNC(=O)CC(O)C(C)NC. The fourth-order valence-electron chi connectivity index (χ4n) is 0.661.